The minimum absolute atomic E-state index is 0.0809. The minimum atomic E-state index is -3.47. The lowest BCUT2D eigenvalue weighted by molar-refractivity contribution is -0.145. The fourth-order valence-electron chi connectivity index (χ4n) is 2.55. The molecule has 0 unspecified atom stereocenters. The van der Waals surface area contributed by atoms with Gasteiger partial charge in [-0.2, -0.15) is 4.72 Å². The second-order valence-corrected chi connectivity index (χ2v) is 7.66. The van der Waals surface area contributed by atoms with Crippen LogP contribution in [-0.2, 0) is 14.8 Å². The van der Waals surface area contributed by atoms with Crippen LogP contribution in [0.25, 0.3) is 0 Å². The first-order valence-electron chi connectivity index (χ1n) is 6.58. The molecule has 0 heterocycles. The van der Waals surface area contributed by atoms with E-state index >= 15 is 0 Å². The second-order valence-electron chi connectivity index (χ2n) is 5.90. The number of carboxylic acids is 1. The van der Waals surface area contributed by atoms with Crippen LogP contribution in [0.3, 0.4) is 0 Å². The first kappa shape index (κ1) is 13.8. The lowest BCUT2D eigenvalue weighted by Crippen LogP contribution is -2.56. The molecule has 6 heteroatoms. The lowest BCUT2D eigenvalue weighted by Gasteiger charge is -2.36. The molecular weight excluding hydrogens is 254 g/mol. The Morgan fingerprint density at radius 2 is 1.83 bits per heavy atom. The van der Waals surface area contributed by atoms with E-state index in [2.05, 4.69) is 11.6 Å². The first-order chi connectivity index (χ1) is 8.33. The van der Waals surface area contributed by atoms with Crippen LogP contribution < -0.4 is 4.72 Å². The Kier molecular flexibility index (Phi) is 3.69. The van der Waals surface area contributed by atoms with Crippen molar-refractivity contribution in [1.82, 2.24) is 4.72 Å². The Bertz CT molecular complexity index is 419. The van der Waals surface area contributed by atoms with Gasteiger partial charge in [0.2, 0.25) is 10.0 Å². The van der Waals surface area contributed by atoms with E-state index in [0.717, 1.165) is 25.7 Å². The Morgan fingerprint density at radius 3 is 2.28 bits per heavy atom. The first-order valence-corrected chi connectivity index (χ1v) is 8.23. The molecule has 5 nitrogen and oxygen atoms in total. The van der Waals surface area contributed by atoms with Crippen molar-refractivity contribution in [1.29, 1.82) is 0 Å². The topological polar surface area (TPSA) is 83.5 Å². The molecule has 0 radical (unpaired) electrons. The van der Waals surface area contributed by atoms with Gasteiger partial charge in [0.15, 0.2) is 0 Å². The zero-order valence-electron chi connectivity index (χ0n) is 10.7. The summed E-state index contributed by atoms with van der Waals surface area (Å²) in [6, 6.07) is 0. The number of hydrogen-bond donors (Lipinski definition) is 2. The summed E-state index contributed by atoms with van der Waals surface area (Å²) in [4.78, 5) is 11.4. The summed E-state index contributed by atoms with van der Waals surface area (Å²) in [5.74, 6) is -0.243. The Balaban J connectivity index is 2.08. The van der Waals surface area contributed by atoms with E-state index in [0.29, 0.717) is 18.8 Å². The van der Waals surface area contributed by atoms with Crippen LogP contribution in [0.2, 0.25) is 0 Å². The summed E-state index contributed by atoms with van der Waals surface area (Å²) in [7, 11) is -3.47. The summed E-state index contributed by atoms with van der Waals surface area (Å²) in [6.07, 6.45) is 4.20. The summed E-state index contributed by atoms with van der Waals surface area (Å²) in [5, 5.41) is 9.36. The molecule has 18 heavy (non-hydrogen) atoms. The molecule has 0 aromatic heterocycles. The molecule has 0 atom stereocenters. The largest absolute Gasteiger partial charge is 0.480 e. The van der Waals surface area contributed by atoms with Gasteiger partial charge in [0.25, 0.3) is 0 Å². The van der Waals surface area contributed by atoms with Crippen molar-refractivity contribution in [3.8, 4) is 0 Å². The molecular formula is C12H21NO4S. The van der Waals surface area contributed by atoms with Crippen LogP contribution in [0.4, 0.5) is 0 Å². The molecule has 0 saturated heterocycles. The molecule has 0 spiro atoms. The zero-order chi connectivity index (χ0) is 13.4. The quantitative estimate of drug-likeness (QED) is 0.793. The third-order valence-electron chi connectivity index (χ3n) is 4.04. The maximum Gasteiger partial charge on any atom is 0.324 e. The van der Waals surface area contributed by atoms with Crippen LogP contribution in [0.5, 0.6) is 0 Å². The predicted octanol–water partition coefficient (Wildman–Crippen LogP) is 1.35. The summed E-state index contributed by atoms with van der Waals surface area (Å²) in [5.41, 5.74) is -1.26. The van der Waals surface area contributed by atoms with Gasteiger partial charge in [-0.25, -0.2) is 8.42 Å². The van der Waals surface area contributed by atoms with Gasteiger partial charge in [-0.05, 0) is 50.4 Å². The van der Waals surface area contributed by atoms with Crippen molar-refractivity contribution in [3.63, 3.8) is 0 Å². The Labute approximate surface area is 108 Å². The minimum Gasteiger partial charge on any atom is -0.480 e. The van der Waals surface area contributed by atoms with Crippen molar-refractivity contribution in [2.24, 2.45) is 11.8 Å². The van der Waals surface area contributed by atoms with E-state index in [1.54, 1.807) is 0 Å². The number of rotatable bonds is 5. The lowest BCUT2D eigenvalue weighted by atomic mass is 9.78. The highest BCUT2D eigenvalue weighted by molar-refractivity contribution is 7.89. The third kappa shape index (κ3) is 3.23. The fourth-order valence-corrected chi connectivity index (χ4v) is 4.47. The van der Waals surface area contributed by atoms with Crippen LogP contribution in [-0.4, -0.2) is 30.8 Å². The normalized spacial score (nSPS) is 33.3. The van der Waals surface area contributed by atoms with Crippen LogP contribution in [0.15, 0.2) is 0 Å². The standard InChI is InChI=1S/C12H21NO4S/c1-9-4-6-12(7-5-9,11(14)15)13-18(16,17)8-10-2-3-10/h9-10,13H,2-8H2,1H3,(H,14,15). The molecule has 104 valence electrons. The fraction of sp³-hybridized carbons (Fsp3) is 0.917. The molecule has 0 amide bonds. The molecule has 0 bridgehead atoms. The van der Waals surface area contributed by atoms with Crippen molar-refractivity contribution in [2.45, 2.75) is 51.0 Å². The molecule has 2 aliphatic carbocycles. The monoisotopic (exact) mass is 275 g/mol. The van der Waals surface area contributed by atoms with Crippen molar-refractivity contribution in [3.05, 3.63) is 0 Å². The Hall–Kier alpha value is -0.620. The van der Waals surface area contributed by atoms with Crippen molar-refractivity contribution >= 4 is 16.0 Å². The van der Waals surface area contributed by atoms with Crippen molar-refractivity contribution in [2.75, 3.05) is 5.75 Å². The smallest absolute Gasteiger partial charge is 0.324 e. The average Bonchev–Trinajstić information content (AvgIpc) is 3.04. The number of carbonyl (C=O) groups is 1. The molecule has 2 fully saturated rings. The highest BCUT2D eigenvalue weighted by atomic mass is 32.2. The maximum atomic E-state index is 12.0. The number of hydrogen-bond acceptors (Lipinski definition) is 3. The molecule has 2 N–H and O–H groups in total. The number of aliphatic carboxylic acids is 1. The van der Waals surface area contributed by atoms with E-state index in [1.165, 1.54) is 0 Å². The molecule has 0 aromatic carbocycles. The van der Waals surface area contributed by atoms with Gasteiger partial charge in [0.05, 0.1) is 5.75 Å². The van der Waals surface area contributed by atoms with E-state index in [1.807, 2.05) is 0 Å². The maximum absolute atomic E-state index is 12.0. The van der Waals surface area contributed by atoms with Gasteiger partial charge < -0.3 is 5.11 Å². The average molecular weight is 275 g/mol. The van der Waals surface area contributed by atoms with E-state index in [4.69, 9.17) is 0 Å². The van der Waals surface area contributed by atoms with Crippen molar-refractivity contribution < 1.29 is 18.3 Å². The van der Waals surface area contributed by atoms with Gasteiger partial charge in [-0.3, -0.25) is 4.79 Å². The highest BCUT2D eigenvalue weighted by Gasteiger charge is 2.45. The van der Waals surface area contributed by atoms with E-state index in [9.17, 15) is 18.3 Å². The van der Waals surface area contributed by atoms with Gasteiger partial charge in [0, 0.05) is 0 Å². The number of carboxylic acid groups (broad SMARTS) is 1. The molecule has 0 aromatic rings. The van der Waals surface area contributed by atoms with Crippen LogP contribution in [0, 0.1) is 11.8 Å². The van der Waals surface area contributed by atoms with E-state index in [-0.39, 0.29) is 11.7 Å². The molecule has 0 aliphatic heterocycles. The Morgan fingerprint density at radius 1 is 1.28 bits per heavy atom. The summed E-state index contributed by atoms with van der Waals surface area (Å²) >= 11 is 0. The molecule has 2 saturated carbocycles. The number of sulfonamides is 1. The highest BCUT2D eigenvalue weighted by Crippen LogP contribution is 2.34. The molecule has 2 aliphatic rings. The zero-order valence-corrected chi connectivity index (χ0v) is 11.5. The van der Waals surface area contributed by atoms with Gasteiger partial charge in [-0.1, -0.05) is 6.92 Å². The molecule has 2 rings (SSSR count). The van der Waals surface area contributed by atoms with Gasteiger partial charge in [-0.15, -0.1) is 0 Å². The number of nitrogens with one attached hydrogen (secondary N) is 1. The second kappa shape index (κ2) is 4.81. The third-order valence-corrected chi connectivity index (χ3v) is 5.65. The van der Waals surface area contributed by atoms with Crippen LogP contribution in [0.1, 0.15) is 45.4 Å². The van der Waals surface area contributed by atoms with Gasteiger partial charge in [0.1, 0.15) is 5.54 Å². The summed E-state index contributed by atoms with van der Waals surface area (Å²) in [6.45, 7) is 2.07. The summed E-state index contributed by atoms with van der Waals surface area (Å²) < 4.78 is 26.4. The van der Waals surface area contributed by atoms with Crippen LogP contribution >= 0.6 is 0 Å². The predicted molar refractivity (Wildman–Crippen MR) is 67.6 cm³/mol. The van der Waals surface area contributed by atoms with E-state index < -0.39 is 21.5 Å². The SMILES string of the molecule is CC1CCC(NS(=O)(=O)CC2CC2)(C(=O)O)CC1. The van der Waals surface area contributed by atoms with Gasteiger partial charge >= 0.3 is 5.97 Å².